The average molecular weight is 300 g/mol. The molecule has 1 aliphatic heterocycles. The van der Waals surface area contributed by atoms with Crippen LogP contribution in [-0.2, 0) is 11.3 Å². The van der Waals surface area contributed by atoms with Gasteiger partial charge >= 0.3 is 6.09 Å². The number of nitrogens with zero attached hydrogens (tertiary/aromatic N) is 2. The van der Waals surface area contributed by atoms with Crippen molar-refractivity contribution in [2.24, 2.45) is 0 Å². The Bertz CT molecular complexity index is 721. The number of amides is 1. The summed E-state index contributed by atoms with van der Waals surface area (Å²) >= 11 is 0. The van der Waals surface area contributed by atoms with Crippen LogP contribution in [0.3, 0.4) is 0 Å². The number of aliphatic hydroxyl groups is 1. The summed E-state index contributed by atoms with van der Waals surface area (Å²) in [5.41, 5.74) is 2.02. The van der Waals surface area contributed by atoms with Crippen LogP contribution in [-0.4, -0.2) is 33.3 Å². The molecule has 2 heterocycles. The summed E-state index contributed by atoms with van der Waals surface area (Å²) in [4.78, 5) is 18.5. The molecule has 1 aromatic heterocycles. The van der Waals surface area contributed by atoms with Crippen LogP contribution in [0.15, 0.2) is 30.3 Å². The van der Waals surface area contributed by atoms with Crippen LogP contribution in [0.5, 0.6) is 0 Å². The van der Waals surface area contributed by atoms with Gasteiger partial charge in [0.2, 0.25) is 0 Å². The average Bonchev–Trinajstić information content (AvgIpc) is 2.80. The molecule has 3 rings (SSSR count). The van der Waals surface area contributed by atoms with Gasteiger partial charge in [0.15, 0.2) is 0 Å². The van der Waals surface area contributed by atoms with Crippen molar-refractivity contribution in [2.75, 3.05) is 6.61 Å². The number of ether oxygens (including phenoxy) is 1. The molecule has 2 aromatic rings. The van der Waals surface area contributed by atoms with Crippen molar-refractivity contribution in [3.8, 4) is 0 Å². The van der Waals surface area contributed by atoms with E-state index in [2.05, 4.69) is 4.98 Å². The Morgan fingerprint density at radius 3 is 2.82 bits per heavy atom. The van der Waals surface area contributed by atoms with E-state index in [9.17, 15) is 9.90 Å². The molecule has 0 saturated carbocycles. The Balaban J connectivity index is 1.96. The Kier molecular flexibility index (Phi) is 3.53. The van der Waals surface area contributed by atoms with Crippen LogP contribution in [0, 0.1) is 0 Å². The highest BCUT2D eigenvalue weighted by molar-refractivity contribution is 5.80. The molecule has 0 spiro atoms. The third kappa shape index (κ3) is 2.64. The third-order valence-corrected chi connectivity index (χ3v) is 3.67. The minimum Gasteiger partial charge on any atom is -0.444 e. The molecule has 5 nitrogen and oxygen atoms in total. The summed E-state index contributed by atoms with van der Waals surface area (Å²) in [7, 11) is 0. The monoisotopic (exact) mass is 300 g/mol. The van der Waals surface area contributed by atoms with Crippen molar-refractivity contribution < 1.29 is 14.6 Å². The Hall–Kier alpha value is -2.14. The minimum atomic E-state index is -0.565. The van der Waals surface area contributed by atoms with Gasteiger partial charge in [-0.1, -0.05) is 18.2 Å². The van der Waals surface area contributed by atoms with Gasteiger partial charge in [0, 0.05) is 5.39 Å². The van der Waals surface area contributed by atoms with Gasteiger partial charge in [-0.05, 0) is 38.5 Å². The highest BCUT2D eigenvalue weighted by atomic mass is 16.6. The maximum atomic E-state index is 12.4. The molecule has 0 radical (unpaired) electrons. The zero-order valence-electron chi connectivity index (χ0n) is 13.0. The Morgan fingerprint density at radius 2 is 2.14 bits per heavy atom. The molecular formula is C17H20N2O3. The highest BCUT2D eigenvalue weighted by Gasteiger charge is 2.37. The molecule has 0 unspecified atom stereocenters. The maximum Gasteiger partial charge on any atom is 0.411 e. The molecule has 22 heavy (non-hydrogen) atoms. The number of rotatable bonds is 1. The number of aliphatic hydroxyl groups excluding tert-OH is 1. The predicted octanol–water partition coefficient (Wildman–Crippen LogP) is 3.02. The Labute approximate surface area is 129 Å². The summed E-state index contributed by atoms with van der Waals surface area (Å²) in [6.07, 6.45) is -0.423. The van der Waals surface area contributed by atoms with Crippen molar-refractivity contribution in [1.82, 2.24) is 9.88 Å². The van der Waals surface area contributed by atoms with Gasteiger partial charge in [-0.15, -0.1) is 0 Å². The van der Waals surface area contributed by atoms with Crippen LogP contribution in [0.25, 0.3) is 10.9 Å². The van der Waals surface area contributed by atoms with E-state index >= 15 is 0 Å². The first-order valence-electron chi connectivity index (χ1n) is 7.38. The zero-order valence-corrected chi connectivity index (χ0v) is 13.0. The van der Waals surface area contributed by atoms with E-state index in [0.29, 0.717) is 6.54 Å². The first-order valence-corrected chi connectivity index (χ1v) is 7.38. The van der Waals surface area contributed by atoms with E-state index in [1.54, 1.807) is 4.90 Å². The molecule has 0 bridgehead atoms. The zero-order chi connectivity index (χ0) is 15.9. The second-order valence-corrected chi connectivity index (χ2v) is 6.53. The van der Waals surface area contributed by atoms with Crippen LogP contribution in [0.1, 0.15) is 38.1 Å². The van der Waals surface area contributed by atoms with E-state index in [4.69, 9.17) is 4.74 Å². The van der Waals surface area contributed by atoms with Gasteiger partial charge in [0.05, 0.1) is 24.4 Å². The number of hydrogen-bond acceptors (Lipinski definition) is 4. The van der Waals surface area contributed by atoms with E-state index in [1.807, 2.05) is 51.1 Å². The Morgan fingerprint density at radius 1 is 1.41 bits per heavy atom. The maximum absolute atomic E-state index is 12.4. The lowest BCUT2D eigenvalue weighted by Crippen LogP contribution is -2.36. The summed E-state index contributed by atoms with van der Waals surface area (Å²) < 4.78 is 5.43. The van der Waals surface area contributed by atoms with E-state index in [-0.39, 0.29) is 6.61 Å². The fraction of sp³-hybridized carbons (Fsp3) is 0.412. The number of fused-ring (bicyclic) bond motifs is 2. The lowest BCUT2D eigenvalue weighted by Gasteiger charge is -2.27. The van der Waals surface area contributed by atoms with Crippen molar-refractivity contribution in [2.45, 2.75) is 39.0 Å². The van der Waals surface area contributed by atoms with Crippen molar-refractivity contribution in [1.29, 1.82) is 0 Å². The van der Waals surface area contributed by atoms with Crippen molar-refractivity contribution in [3.63, 3.8) is 0 Å². The van der Waals surface area contributed by atoms with Gasteiger partial charge in [-0.25, -0.2) is 4.79 Å². The lowest BCUT2D eigenvalue weighted by atomic mass is 10.1. The minimum absolute atomic E-state index is 0.169. The second kappa shape index (κ2) is 5.25. The quantitative estimate of drug-likeness (QED) is 0.879. The number of hydrogen-bond donors (Lipinski definition) is 1. The van der Waals surface area contributed by atoms with Gasteiger partial charge in [0.1, 0.15) is 11.6 Å². The lowest BCUT2D eigenvalue weighted by molar-refractivity contribution is 0.0107. The van der Waals surface area contributed by atoms with Crippen LogP contribution < -0.4 is 0 Å². The number of carbonyl (C=O) groups is 1. The van der Waals surface area contributed by atoms with Crippen molar-refractivity contribution >= 4 is 17.0 Å². The van der Waals surface area contributed by atoms with Gasteiger partial charge in [-0.2, -0.15) is 0 Å². The summed E-state index contributed by atoms with van der Waals surface area (Å²) in [6.45, 7) is 5.72. The summed E-state index contributed by atoms with van der Waals surface area (Å²) in [6, 6.07) is 9.39. The van der Waals surface area contributed by atoms with Gasteiger partial charge in [-0.3, -0.25) is 9.88 Å². The highest BCUT2D eigenvalue weighted by Crippen LogP contribution is 2.34. The number of carbonyl (C=O) groups excluding carboxylic acids is 1. The molecule has 1 atom stereocenters. The van der Waals surface area contributed by atoms with Crippen molar-refractivity contribution in [3.05, 3.63) is 41.6 Å². The fourth-order valence-corrected chi connectivity index (χ4v) is 2.73. The SMILES string of the molecule is CC(C)(C)OC(=O)N1Cc2cc3ccccc3nc2[C@H]1CO. The van der Waals surface area contributed by atoms with Crippen LogP contribution in [0.2, 0.25) is 0 Å². The molecular weight excluding hydrogens is 280 g/mol. The van der Waals surface area contributed by atoms with E-state index < -0.39 is 17.7 Å². The molecule has 0 aliphatic carbocycles. The van der Waals surface area contributed by atoms with Crippen LogP contribution in [0.4, 0.5) is 4.79 Å². The molecule has 1 aromatic carbocycles. The van der Waals surface area contributed by atoms with Crippen LogP contribution >= 0.6 is 0 Å². The third-order valence-electron chi connectivity index (χ3n) is 3.67. The van der Waals surface area contributed by atoms with E-state index in [0.717, 1.165) is 22.2 Å². The van der Waals surface area contributed by atoms with Gasteiger partial charge < -0.3 is 9.84 Å². The first kappa shape index (κ1) is 14.8. The number of benzene rings is 1. The normalized spacial score (nSPS) is 17.6. The molecule has 1 N–H and O–H groups in total. The second-order valence-electron chi connectivity index (χ2n) is 6.53. The van der Waals surface area contributed by atoms with Gasteiger partial charge in [0.25, 0.3) is 0 Å². The summed E-state index contributed by atoms with van der Waals surface area (Å²) in [5, 5.41) is 10.7. The number of aromatic nitrogens is 1. The molecule has 0 fully saturated rings. The number of pyridine rings is 1. The molecule has 0 saturated heterocycles. The fourth-order valence-electron chi connectivity index (χ4n) is 2.73. The molecule has 1 aliphatic rings. The first-order chi connectivity index (χ1) is 10.4. The molecule has 116 valence electrons. The largest absolute Gasteiger partial charge is 0.444 e. The smallest absolute Gasteiger partial charge is 0.411 e. The molecule has 5 heteroatoms. The summed E-state index contributed by atoms with van der Waals surface area (Å²) in [5.74, 6) is 0. The topological polar surface area (TPSA) is 62.7 Å². The predicted molar refractivity (Wildman–Crippen MR) is 83.3 cm³/mol. The molecule has 1 amide bonds. The van der Waals surface area contributed by atoms with E-state index in [1.165, 1.54) is 0 Å². The standard InChI is InChI=1S/C17H20N2O3/c1-17(2,3)22-16(21)19-9-12-8-11-6-4-5-7-13(11)18-15(12)14(19)10-20/h4-8,14,20H,9-10H2,1-3H3/t14-/m1/s1. The number of para-hydroxylation sites is 1.